The Labute approximate surface area is 129 Å². The van der Waals surface area contributed by atoms with Crippen molar-refractivity contribution in [2.75, 3.05) is 30.8 Å². The molecule has 0 saturated carbocycles. The van der Waals surface area contributed by atoms with Crippen LogP contribution in [0.4, 0.5) is 10.7 Å². The molecule has 5 nitrogen and oxygen atoms in total. The average molecular weight is 306 g/mol. The number of amides is 1. The van der Waals surface area contributed by atoms with E-state index in [9.17, 15) is 4.79 Å². The third-order valence-corrected chi connectivity index (χ3v) is 5.42. The van der Waals surface area contributed by atoms with Gasteiger partial charge < -0.3 is 16.0 Å². The van der Waals surface area contributed by atoms with E-state index in [1.165, 1.54) is 11.3 Å². The second kappa shape index (κ2) is 6.35. The highest BCUT2D eigenvalue weighted by molar-refractivity contribution is 7.17. The van der Waals surface area contributed by atoms with Crippen LogP contribution in [0.2, 0.25) is 0 Å². The molecule has 1 aromatic rings. The number of nitriles is 1. The quantitative estimate of drug-likeness (QED) is 0.898. The Hall–Kier alpha value is -1.74. The van der Waals surface area contributed by atoms with Crippen LogP contribution in [0, 0.1) is 23.2 Å². The highest BCUT2D eigenvalue weighted by Gasteiger charge is 2.28. The Morgan fingerprint density at radius 3 is 2.57 bits per heavy atom. The fraction of sp³-hybridized carbons (Fsp3) is 0.600. The maximum absolute atomic E-state index is 12.1. The predicted octanol–water partition coefficient (Wildman–Crippen LogP) is 2.43. The molecule has 0 radical (unpaired) electrons. The van der Waals surface area contributed by atoms with Gasteiger partial charge >= 0.3 is 0 Å². The van der Waals surface area contributed by atoms with Crippen LogP contribution in [0.15, 0.2) is 0 Å². The van der Waals surface area contributed by atoms with Crippen LogP contribution in [0.5, 0.6) is 0 Å². The number of hydrogen-bond acceptors (Lipinski definition) is 5. The molecular weight excluding hydrogens is 284 g/mol. The molecular formula is C15H22N4OS. The highest BCUT2D eigenvalue weighted by Crippen LogP contribution is 2.40. The van der Waals surface area contributed by atoms with Crippen molar-refractivity contribution in [2.24, 2.45) is 11.8 Å². The van der Waals surface area contributed by atoms with Gasteiger partial charge in [-0.2, -0.15) is 5.26 Å². The van der Waals surface area contributed by atoms with E-state index in [2.05, 4.69) is 30.1 Å². The maximum atomic E-state index is 12.1. The van der Waals surface area contributed by atoms with Gasteiger partial charge in [0.25, 0.3) is 5.91 Å². The summed E-state index contributed by atoms with van der Waals surface area (Å²) >= 11 is 1.32. The third-order valence-electron chi connectivity index (χ3n) is 4.25. The highest BCUT2D eigenvalue weighted by atomic mass is 32.1. The van der Waals surface area contributed by atoms with Crippen LogP contribution >= 0.6 is 11.3 Å². The van der Waals surface area contributed by atoms with Gasteiger partial charge in [0.2, 0.25) is 0 Å². The summed E-state index contributed by atoms with van der Waals surface area (Å²) in [6.07, 6.45) is 2.23. The van der Waals surface area contributed by atoms with Crippen molar-refractivity contribution in [3.8, 4) is 6.07 Å². The Bertz CT molecular complexity index is 565. The molecule has 3 N–H and O–H groups in total. The minimum Gasteiger partial charge on any atom is -0.396 e. The summed E-state index contributed by atoms with van der Waals surface area (Å²) in [7, 11) is 1.58. The molecule has 0 spiro atoms. The van der Waals surface area contributed by atoms with Gasteiger partial charge in [0, 0.05) is 20.1 Å². The van der Waals surface area contributed by atoms with E-state index < -0.39 is 0 Å². The van der Waals surface area contributed by atoms with Crippen LogP contribution < -0.4 is 16.0 Å². The number of hydrogen-bond donors (Lipinski definition) is 2. The average Bonchev–Trinajstić information content (AvgIpc) is 2.83. The van der Waals surface area contributed by atoms with E-state index in [1.54, 1.807) is 7.05 Å². The fourth-order valence-corrected chi connectivity index (χ4v) is 3.92. The molecule has 1 aliphatic heterocycles. The largest absolute Gasteiger partial charge is 0.396 e. The van der Waals surface area contributed by atoms with Crippen molar-refractivity contribution in [1.82, 2.24) is 5.32 Å². The number of nitrogens with one attached hydrogen (secondary N) is 1. The number of piperidine rings is 1. The predicted molar refractivity (Wildman–Crippen MR) is 86.6 cm³/mol. The minimum atomic E-state index is -0.216. The van der Waals surface area contributed by atoms with Crippen LogP contribution in [-0.2, 0) is 0 Å². The number of thiophene rings is 1. The summed E-state index contributed by atoms with van der Waals surface area (Å²) in [5.74, 6) is 1.21. The normalized spacial score (nSPS) is 16.0. The zero-order chi connectivity index (χ0) is 15.6. The molecule has 0 aliphatic carbocycles. The molecule has 1 fully saturated rings. The summed E-state index contributed by atoms with van der Waals surface area (Å²) < 4.78 is 0. The van der Waals surface area contributed by atoms with Crippen molar-refractivity contribution in [2.45, 2.75) is 26.7 Å². The first-order chi connectivity index (χ1) is 9.99. The Morgan fingerprint density at radius 1 is 1.48 bits per heavy atom. The molecule has 1 aromatic heterocycles. The van der Waals surface area contributed by atoms with Gasteiger partial charge in [-0.3, -0.25) is 4.79 Å². The molecule has 0 unspecified atom stereocenters. The molecule has 2 heterocycles. The molecule has 0 bridgehead atoms. The summed E-state index contributed by atoms with van der Waals surface area (Å²) in [5, 5.41) is 12.6. The van der Waals surface area contributed by atoms with Gasteiger partial charge in [0.1, 0.15) is 15.9 Å². The first-order valence-electron chi connectivity index (χ1n) is 7.29. The number of nitrogens with zero attached hydrogens (tertiary/aromatic N) is 2. The van der Waals surface area contributed by atoms with Crippen molar-refractivity contribution in [3.05, 3.63) is 10.4 Å². The van der Waals surface area contributed by atoms with E-state index in [4.69, 9.17) is 11.0 Å². The summed E-state index contributed by atoms with van der Waals surface area (Å²) in [4.78, 5) is 14.7. The van der Waals surface area contributed by atoms with Gasteiger partial charge in [-0.25, -0.2) is 0 Å². The number of rotatable bonds is 3. The zero-order valence-electron chi connectivity index (χ0n) is 12.8. The third kappa shape index (κ3) is 2.98. The monoisotopic (exact) mass is 306 g/mol. The molecule has 1 amide bonds. The van der Waals surface area contributed by atoms with E-state index in [0.717, 1.165) is 36.9 Å². The molecule has 1 saturated heterocycles. The lowest BCUT2D eigenvalue weighted by Gasteiger charge is -2.34. The zero-order valence-corrected chi connectivity index (χ0v) is 13.6. The lowest BCUT2D eigenvalue weighted by atomic mass is 9.87. The fourth-order valence-electron chi connectivity index (χ4n) is 2.85. The van der Waals surface area contributed by atoms with Crippen molar-refractivity contribution in [3.63, 3.8) is 0 Å². The van der Waals surface area contributed by atoms with Crippen LogP contribution in [0.3, 0.4) is 0 Å². The lowest BCUT2D eigenvalue weighted by molar-refractivity contribution is 0.0964. The number of carbonyl (C=O) groups is 1. The van der Waals surface area contributed by atoms with Gasteiger partial charge in [0.15, 0.2) is 0 Å². The van der Waals surface area contributed by atoms with Crippen molar-refractivity contribution >= 4 is 27.9 Å². The first-order valence-corrected chi connectivity index (χ1v) is 8.10. The van der Waals surface area contributed by atoms with Crippen LogP contribution in [0.25, 0.3) is 0 Å². The van der Waals surface area contributed by atoms with E-state index >= 15 is 0 Å². The number of nitrogens with two attached hydrogens (primary N) is 1. The van der Waals surface area contributed by atoms with Gasteiger partial charge in [-0.1, -0.05) is 13.8 Å². The number of anilines is 2. The minimum absolute atomic E-state index is 0.216. The summed E-state index contributed by atoms with van der Waals surface area (Å²) in [5.41, 5.74) is 6.74. The molecule has 6 heteroatoms. The smallest absolute Gasteiger partial charge is 0.256 e. The summed E-state index contributed by atoms with van der Waals surface area (Å²) in [6.45, 7) is 6.34. The SMILES string of the molecule is CNC(=O)c1c(N2CCC(C(C)C)CC2)sc(C#N)c1N. The van der Waals surface area contributed by atoms with Crippen molar-refractivity contribution < 1.29 is 4.79 Å². The van der Waals surface area contributed by atoms with E-state index in [0.29, 0.717) is 22.0 Å². The van der Waals surface area contributed by atoms with E-state index in [-0.39, 0.29) is 5.91 Å². The second-order valence-corrected chi connectivity index (χ2v) is 6.78. The first kappa shape index (κ1) is 15.6. The number of nitrogen functional groups attached to an aromatic ring is 1. The van der Waals surface area contributed by atoms with Gasteiger partial charge in [0.05, 0.1) is 11.3 Å². The molecule has 114 valence electrons. The van der Waals surface area contributed by atoms with Crippen LogP contribution in [-0.4, -0.2) is 26.0 Å². The summed E-state index contributed by atoms with van der Waals surface area (Å²) in [6, 6.07) is 2.09. The standard InChI is InChI=1S/C15H22N4OS/c1-9(2)10-4-6-19(7-5-10)15-12(14(20)18-3)13(17)11(8-16)21-15/h9-10H,4-7,17H2,1-3H3,(H,18,20). The topological polar surface area (TPSA) is 82.2 Å². The molecule has 0 atom stereocenters. The molecule has 2 rings (SSSR count). The maximum Gasteiger partial charge on any atom is 0.256 e. The Morgan fingerprint density at radius 2 is 2.10 bits per heavy atom. The van der Waals surface area contributed by atoms with Gasteiger partial charge in [-0.15, -0.1) is 11.3 Å². The number of carbonyl (C=O) groups excluding carboxylic acids is 1. The lowest BCUT2D eigenvalue weighted by Crippen LogP contribution is -2.36. The van der Waals surface area contributed by atoms with Gasteiger partial charge in [-0.05, 0) is 24.7 Å². The Balaban J connectivity index is 2.28. The Kier molecular flexibility index (Phi) is 4.73. The molecule has 0 aromatic carbocycles. The molecule has 1 aliphatic rings. The van der Waals surface area contributed by atoms with Crippen LogP contribution in [0.1, 0.15) is 41.9 Å². The molecule has 21 heavy (non-hydrogen) atoms. The second-order valence-electron chi connectivity index (χ2n) is 5.78. The van der Waals surface area contributed by atoms with Crippen molar-refractivity contribution in [1.29, 1.82) is 5.26 Å². The van der Waals surface area contributed by atoms with E-state index in [1.807, 2.05) is 0 Å².